The number of amides is 1. The normalized spacial score (nSPS) is 16.4. The molecule has 0 bridgehead atoms. The Morgan fingerprint density at radius 1 is 1.53 bits per heavy atom. The number of aryl methyl sites for hydroxylation is 2. The molecule has 2 heterocycles. The van der Waals surface area contributed by atoms with E-state index in [1.54, 1.807) is 4.68 Å². The maximum atomic E-state index is 11.9. The summed E-state index contributed by atoms with van der Waals surface area (Å²) in [6.07, 6.45) is 2.00. The van der Waals surface area contributed by atoms with E-state index in [0.717, 1.165) is 31.6 Å². The molecule has 96 valence electrons. The topological polar surface area (TPSA) is 59.0 Å². The molecule has 1 aromatic heterocycles. The van der Waals surface area contributed by atoms with Crippen LogP contribution in [0.2, 0.25) is 0 Å². The molecular formula is C11H19ClN4O. The molecule has 0 aromatic carbocycles. The molecule has 1 aromatic rings. The second-order valence-electron chi connectivity index (χ2n) is 4.29. The lowest BCUT2D eigenvalue weighted by molar-refractivity contribution is 0.0924. The predicted octanol–water partition coefficient (Wildman–Crippen LogP) is 0.632. The highest BCUT2D eigenvalue weighted by Crippen LogP contribution is 2.05. The van der Waals surface area contributed by atoms with Crippen molar-refractivity contribution in [1.82, 2.24) is 20.4 Å². The van der Waals surface area contributed by atoms with Crippen LogP contribution in [0.25, 0.3) is 0 Å². The molecule has 2 rings (SSSR count). The SMILES string of the molecule is Cc1cc(C(=O)NC2CCNCC2)nn1C.Cl. The summed E-state index contributed by atoms with van der Waals surface area (Å²) in [5.41, 5.74) is 1.51. The summed E-state index contributed by atoms with van der Waals surface area (Å²) in [7, 11) is 1.84. The zero-order valence-corrected chi connectivity index (χ0v) is 11.0. The molecule has 1 aliphatic rings. The fourth-order valence-electron chi connectivity index (χ4n) is 1.90. The second kappa shape index (κ2) is 6.02. The Balaban J connectivity index is 0.00000144. The Labute approximate surface area is 107 Å². The van der Waals surface area contributed by atoms with Crippen molar-refractivity contribution < 1.29 is 4.79 Å². The first-order chi connectivity index (χ1) is 7.66. The number of aromatic nitrogens is 2. The molecule has 2 N–H and O–H groups in total. The zero-order chi connectivity index (χ0) is 11.5. The van der Waals surface area contributed by atoms with Gasteiger partial charge in [0.05, 0.1) is 0 Å². The Bertz CT molecular complexity index is 365. The van der Waals surface area contributed by atoms with Crippen molar-refractivity contribution in [3.63, 3.8) is 0 Å². The van der Waals surface area contributed by atoms with Crippen molar-refractivity contribution in [1.29, 1.82) is 0 Å². The number of carbonyl (C=O) groups excluding carboxylic acids is 1. The smallest absolute Gasteiger partial charge is 0.272 e. The second-order valence-corrected chi connectivity index (χ2v) is 4.29. The molecule has 6 heteroatoms. The van der Waals surface area contributed by atoms with Crippen molar-refractivity contribution in [3.8, 4) is 0 Å². The highest BCUT2D eigenvalue weighted by molar-refractivity contribution is 5.92. The van der Waals surface area contributed by atoms with Crippen LogP contribution in [0.1, 0.15) is 29.0 Å². The van der Waals surface area contributed by atoms with E-state index in [0.29, 0.717) is 5.69 Å². The van der Waals surface area contributed by atoms with Crippen molar-refractivity contribution in [3.05, 3.63) is 17.5 Å². The summed E-state index contributed by atoms with van der Waals surface area (Å²) in [6.45, 7) is 3.90. The predicted molar refractivity (Wildman–Crippen MR) is 68.6 cm³/mol. The molecule has 17 heavy (non-hydrogen) atoms. The number of carbonyl (C=O) groups is 1. The third-order valence-corrected chi connectivity index (χ3v) is 3.02. The standard InChI is InChI=1S/C11H18N4O.ClH/c1-8-7-10(14-15(8)2)11(16)13-9-3-5-12-6-4-9;/h7,9,12H,3-6H2,1-2H3,(H,13,16);1H. The van der Waals surface area contributed by atoms with Gasteiger partial charge < -0.3 is 10.6 Å². The number of piperidine rings is 1. The first-order valence-corrected chi connectivity index (χ1v) is 5.69. The molecule has 0 spiro atoms. The number of rotatable bonds is 2. The maximum absolute atomic E-state index is 11.9. The lowest BCUT2D eigenvalue weighted by Crippen LogP contribution is -2.42. The first kappa shape index (κ1) is 14.0. The summed E-state index contributed by atoms with van der Waals surface area (Å²) in [6, 6.07) is 2.10. The minimum absolute atomic E-state index is 0. The summed E-state index contributed by atoms with van der Waals surface area (Å²) in [5, 5.41) is 10.5. The van der Waals surface area contributed by atoms with Crippen LogP contribution in [0.4, 0.5) is 0 Å². The Morgan fingerprint density at radius 3 is 2.71 bits per heavy atom. The van der Waals surface area contributed by atoms with Gasteiger partial charge >= 0.3 is 0 Å². The van der Waals surface area contributed by atoms with Crippen molar-refractivity contribution in [2.75, 3.05) is 13.1 Å². The van der Waals surface area contributed by atoms with E-state index in [-0.39, 0.29) is 24.4 Å². The Morgan fingerprint density at radius 2 is 2.18 bits per heavy atom. The third kappa shape index (κ3) is 3.44. The van der Waals surface area contributed by atoms with Gasteiger partial charge in [-0.05, 0) is 38.9 Å². The van der Waals surface area contributed by atoms with E-state index in [9.17, 15) is 4.79 Å². The zero-order valence-electron chi connectivity index (χ0n) is 10.2. The van der Waals surface area contributed by atoms with Gasteiger partial charge in [0.15, 0.2) is 0 Å². The van der Waals surface area contributed by atoms with Gasteiger partial charge in [-0.3, -0.25) is 9.48 Å². The van der Waals surface area contributed by atoms with Crippen molar-refractivity contribution in [2.24, 2.45) is 7.05 Å². The average molecular weight is 259 g/mol. The van der Waals surface area contributed by atoms with Gasteiger partial charge in [0, 0.05) is 18.8 Å². The Kier molecular flexibility index (Phi) is 4.96. The van der Waals surface area contributed by atoms with Gasteiger partial charge in [-0.15, -0.1) is 12.4 Å². The highest BCUT2D eigenvalue weighted by atomic mass is 35.5. The maximum Gasteiger partial charge on any atom is 0.272 e. The van der Waals surface area contributed by atoms with Gasteiger partial charge in [0.25, 0.3) is 5.91 Å². The van der Waals surface area contributed by atoms with Crippen molar-refractivity contribution in [2.45, 2.75) is 25.8 Å². The summed E-state index contributed by atoms with van der Waals surface area (Å²) in [4.78, 5) is 11.9. The number of hydrogen-bond donors (Lipinski definition) is 2. The highest BCUT2D eigenvalue weighted by Gasteiger charge is 2.18. The van der Waals surface area contributed by atoms with Crippen LogP contribution in [-0.2, 0) is 7.05 Å². The van der Waals surface area contributed by atoms with Gasteiger partial charge in [-0.1, -0.05) is 0 Å². The van der Waals surface area contributed by atoms with E-state index in [1.807, 2.05) is 20.0 Å². The molecule has 1 fully saturated rings. The molecule has 0 atom stereocenters. The fourth-order valence-corrected chi connectivity index (χ4v) is 1.90. The molecule has 5 nitrogen and oxygen atoms in total. The number of nitrogens with one attached hydrogen (secondary N) is 2. The molecule has 1 amide bonds. The number of nitrogens with zero attached hydrogens (tertiary/aromatic N) is 2. The minimum atomic E-state index is -0.0596. The molecule has 0 aliphatic carbocycles. The summed E-state index contributed by atoms with van der Waals surface area (Å²) < 4.78 is 1.72. The lowest BCUT2D eigenvalue weighted by atomic mass is 10.1. The fraction of sp³-hybridized carbons (Fsp3) is 0.636. The molecule has 0 saturated carbocycles. The minimum Gasteiger partial charge on any atom is -0.348 e. The van der Waals surface area contributed by atoms with Gasteiger partial charge in [-0.25, -0.2) is 0 Å². The summed E-state index contributed by atoms with van der Waals surface area (Å²) in [5.74, 6) is -0.0596. The average Bonchev–Trinajstić information content (AvgIpc) is 2.61. The van der Waals surface area contributed by atoms with E-state index in [4.69, 9.17) is 0 Å². The van der Waals surface area contributed by atoms with Crippen LogP contribution in [0.15, 0.2) is 6.07 Å². The van der Waals surface area contributed by atoms with E-state index in [2.05, 4.69) is 15.7 Å². The lowest BCUT2D eigenvalue weighted by Gasteiger charge is -2.23. The quantitative estimate of drug-likeness (QED) is 0.818. The van der Waals surface area contributed by atoms with E-state index >= 15 is 0 Å². The molecule has 1 saturated heterocycles. The number of halogens is 1. The molecule has 0 radical (unpaired) electrons. The van der Waals surface area contributed by atoms with Crippen LogP contribution in [0, 0.1) is 6.92 Å². The monoisotopic (exact) mass is 258 g/mol. The van der Waals surface area contributed by atoms with Crippen LogP contribution in [-0.4, -0.2) is 34.8 Å². The van der Waals surface area contributed by atoms with Gasteiger partial charge in [0.2, 0.25) is 0 Å². The van der Waals surface area contributed by atoms with Crippen LogP contribution >= 0.6 is 12.4 Å². The van der Waals surface area contributed by atoms with Crippen LogP contribution in [0.3, 0.4) is 0 Å². The van der Waals surface area contributed by atoms with E-state index < -0.39 is 0 Å². The van der Waals surface area contributed by atoms with Crippen LogP contribution < -0.4 is 10.6 Å². The number of hydrogen-bond acceptors (Lipinski definition) is 3. The van der Waals surface area contributed by atoms with E-state index in [1.165, 1.54) is 0 Å². The first-order valence-electron chi connectivity index (χ1n) is 5.69. The summed E-state index contributed by atoms with van der Waals surface area (Å²) >= 11 is 0. The largest absolute Gasteiger partial charge is 0.348 e. The Hall–Kier alpha value is -1.07. The van der Waals surface area contributed by atoms with Crippen LogP contribution in [0.5, 0.6) is 0 Å². The molecule has 0 unspecified atom stereocenters. The molecule has 1 aliphatic heterocycles. The third-order valence-electron chi connectivity index (χ3n) is 3.02. The van der Waals surface area contributed by atoms with Crippen molar-refractivity contribution >= 4 is 18.3 Å². The molecular weight excluding hydrogens is 240 g/mol. The van der Waals surface area contributed by atoms with Gasteiger partial charge in [-0.2, -0.15) is 5.10 Å². The van der Waals surface area contributed by atoms with Gasteiger partial charge in [0.1, 0.15) is 5.69 Å².